The van der Waals surface area contributed by atoms with Crippen molar-refractivity contribution in [3.63, 3.8) is 0 Å². The average Bonchev–Trinajstić information content (AvgIpc) is 3.29. The molecule has 3 saturated carbocycles. The first kappa shape index (κ1) is 30.9. The molecule has 0 heterocycles. The van der Waals surface area contributed by atoms with Crippen LogP contribution in [-0.4, -0.2) is 28.9 Å². The second-order valence-corrected chi connectivity index (χ2v) is 15.4. The van der Waals surface area contributed by atoms with Crippen molar-refractivity contribution < 1.29 is 24.0 Å². The van der Waals surface area contributed by atoms with Gasteiger partial charge in [-0.05, 0) is 53.8 Å². The van der Waals surface area contributed by atoms with Gasteiger partial charge in [0.05, 0.1) is 0 Å². The van der Waals surface area contributed by atoms with Gasteiger partial charge >= 0.3 is 0 Å². The van der Waals surface area contributed by atoms with Gasteiger partial charge in [-0.25, -0.2) is 0 Å². The molecule has 0 aromatic carbocycles. The molecule has 0 amide bonds. The highest BCUT2D eigenvalue weighted by Gasteiger charge is 2.62. The molecule has 0 aromatic rings. The molecule has 5 heteroatoms. The maximum atomic E-state index is 14.3. The largest absolute Gasteiger partial charge is 0.300 e. The molecule has 6 unspecified atom stereocenters. The summed E-state index contributed by atoms with van der Waals surface area (Å²) in [5.74, 6) is -1.62. The molecule has 5 nitrogen and oxygen atoms in total. The smallest absolute Gasteiger partial charge is 0.201 e. The van der Waals surface area contributed by atoms with Crippen LogP contribution in [0.4, 0.5) is 0 Å². The summed E-state index contributed by atoms with van der Waals surface area (Å²) in [6.45, 7) is 15.7. The lowest BCUT2D eigenvalue weighted by Gasteiger charge is -2.33. The van der Waals surface area contributed by atoms with E-state index < -0.39 is 35.2 Å². The fourth-order valence-corrected chi connectivity index (χ4v) is 7.47. The van der Waals surface area contributed by atoms with Gasteiger partial charge in [0.1, 0.15) is 17.3 Å². The summed E-state index contributed by atoms with van der Waals surface area (Å²) in [6, 6.07) is 0. The summed E-state index contributed by atoms with van der Waals surface area (Å²) >= 11 is 0. The Hall–Kier alpha value is -1.65. The molecule has 0 aliphatic heterocycles. The molecule has 0 aromatic heterocycles. The third-order valence-corrected chi connectivity index (χ3v) is 9.93. The molecule has 1 spiro atoms. The minimum absolute atomic E-state index is 0.0189. The van der Waals surface area contributed by atoms with Crippen molar-refractivity contribution in [2.24, 2.45) is 51.8 Å². The van der Waals surface area contributed by atoms with Gasteiger partial charge in [-0.15, -0.1) is 0 Å². The van der Waals surface area contributed by atoms with E-state index in [-0.39, 0.29) is 46.4 Å². The van der Waals surface area contributed by atoms with Gasteiger partial charge in [0.2, 0.25) is 5.78 Å². The normalized spacial score (nSPS) is 29.0. The topological polar surface area (TPSA) is 85.3 Å². The van der Waals surface area contributed by atoms with E-state index in [4.69, 9.17) is 0 Å². The molecule has 3 rings (SSSR count). The summed E-state index contributed by atoms with van der Waals surface area (Å²) in [4.78, 5) is 66.0. The van der Waals surface area contributed by atoms with E-state index in [2.05, 4.69) is 6.92 Å². The highest BCUT2D eigenvalue weighted by Crippen LogP contribution is 2.67. The second-order valence-electron chi connectivity index (χ2n) is 15.4. The van der Waals surface area contributed by atoms with Crippen molar-refractivity contribution in [1.82, 2.24) is 0 Å². The fraction of sp³-hybridized carbons (Fsp3) is 0.848. The third-order valence-electron chi connectivity index (χ3n) is 9.93. The van der Waals surface area contributed by atoms with Crippen molar-refractivity contribution in [3.05, 3.63) is 0 Å². The van der Waals surface area contributed by atoms with Crippen LogP contribution in [0.5, 0.6) is 0 Å². The van der Waals surface area contributed by atoms with Gasteiger partial charge < -0.3 is 0 Å². The standard InChI is InChI=1S/C33H52O5/c1-9-23-16-33(23)18-25(28(36)14-22(29(37)20(2)34)13-21-11-10-12-21)26(19-33)30(38)27(32(6,7)8)15-24(35)17-31(3,4)5/h21-23,25-27H,9-19H2,1-8H3. The quantitative estimate of drug-likeness (QED) is 0.241. The van der Waals surface area contributed by atoms with Gasteiger partial charge in [-0.3, -0.25) is 24.0 Å². The van der Waals surface area contributed by atoms with Crippen LogP contribution in [0.2, 0.25) is 0 Å². The van der Waals surface area contributed by atoms with Crippen LogP contribution in [0.3, 0.4) is 0 Å². The Morgan fingerprint density at radius 1 is 0.868 bits per heavy atom. The molecule has 0 bridgehead atoms. The van der Waals surface area contributed by atoms with Gasteiger partial charge in [-0.1, -0.05) is 74.1 Å². The molecule has 0 N–H and O–H groups in total. The molecular formula is C33H52O5. The number of hydrogen-bond acceptors (Lipinski definition) is 5. The van der Waals surface area contributed by atoms with E-state index in [1.165, 1.54) is 6.92 Å². The Labute approximate surface area is 230 Å². The lowest BCUT2D eigenvalue weighted by Crippen LogP contribution is -2.39. The number of Topliss-reactive ketones (excluding diaryl/α,β-unsaturated/α-hetero) is 5. The number of carbonyl (C=O) groups is 5. The first-order valence-electron chi connectivity index (χ1n) is 15.1. The molecule has 3 aliphatic carbocycles. The van der Waals surface area contributed by atoms with Gasteiger partial charge in [0, 0.05) is 49.9 Å². The van der Waals surface area contributed by atoms with Crippen molar-refractivity contribution in [3.8, 4) is 0 Å². The Bertz CT molecular complexity index is 943. The van der Waals surface area contributed by atoms with Crippen molar-refractivity contribution in [2.75, 3.05) is 0 Å². The first-order valence-corrected chi connectivity index (χ1v) is 15.1. The molecule has 214 valence electrons. The minimum atomic E-state index is -0.564. The monoisotopic (exact) mass is 528 g/mol. The third kappa shape index (κ3) is 7.30. The van der Waals surface area contributed by atoms with E-state index in [1.807, 2.05) is 41.5 Å². The minimum Gasteiger partial charge on any atom is -0.300 e. The van der Waals surface area contributed by atoms with Crippen molar-refractivity contribution in [1.29, 1.82) is 0 Å². The molecule has 0 saturated heterocycles. The molecule has 38 heavy (non-hydrogen) atoms. The zero-order valence-corrected chi connectivity index (χ0v) is 25.3. The van der Waals surface area contributed by atoms with Crippen molar-refractivity contribution in [2.45, 2.75) is 126 Å². The van der Waals surface area contributed by atoms with Gasteiger partial charge in [0.15, 0.2) is 5.78 Å². The Kier molecular flexibility index (Phi) is 9.31. The van der Waals surface area contributed by atoms with E-state index in [0.29, 0.717) is 37.5 Å². The lowest BCUT2D eigenvalue weighted by atomic mass is 9.69. The second kappa shape index (κ2) is 11.5. The predicted octanol–water partition coefficient (Wildman–Crippen LogP) is 6.98. The number of hydrogen-bond donors (Lipinski definition) is 0. The van der Waals surface area contributed by atoms with E-state index in [9.17, 15) is 24.0 Å². The van der Waals surface area contributed by atoms with E-state index in [1.54, 1.807) is 0 Å². The van der Waals surface area contributed by atoms with E-state index >= 15 is 0 Å². The molecule has 0 radical (unpaired) electrons. The zero-order chi connectivity index (χ0) is 28.6. The molecule has 3 aliphatic rings. The van der Waals surface area contributed by atoms with Crippen LogP contribution >= 0.6 is 0 Å². The zero-order valence-electron chi connectivity index (χ0n) is 25.3. The number of ketones is 5. The summed E-state index contributed by atoms with van der Waals surface area (Å²) in [5, 5.41) is 0. The van der Waals surface area contributed by atoms with Crippen LogP contribution in [0, 0.1) is 51.8 Å². The average molecular weight is 529 g/mol. The Balaban J connectivity index is 1.84. The molecule has 3 fully saturated rings. The maximum absolute atomic E-state index is 14.3. The van der Waals surface area contributed by atoms with Crippen LogP contribution in [0.15, 0.2) is 0 Å². The maximum Gasteiger partial charge on any atom is 0.201 e. The summed E-state index contributed by atoms with van der Waals surface area (Å²) in [5.41, 5.74) is -0.486. The van der Waals surface area contributed by atoms with Gasteiger partial charge in [-0.2, -0.15) is 0 Å². The highest BCUT2D eigenvalue weighted by atomic mass is 16.2. The number of rotatable bonds is 13. The molecular weight excluding hydrogens is 476 g/mol. The Morgan fingerprint density at radius 2 is 1.47 bits per heavy atom. The van der Waals surface area contributed by atoms with Crippen LogP contribution < -0.4 is 0 Å². The van der Waals surface area contributed by atoms with Gasteiger partial charge in [0.25, 0.3) is 0 Å². The summed E-state index contributed by atoms with van der Waals surface area (Å²) < 4.78 is 0. The van der Waals surface area contributed by atoms with Crippen molar-refractivity contribution >= 4 is 28.9 Å². The highest BCUT2D eigenvalue weighted by molar-refractivity contribution is 6.37. The lowest BCUT2D eigenvalue weighted by molar-refractivity contribution is -0.141. The number of carbonyl (C=O) groups excluding carboxylic acids is 5. The van der Waals surface area contributed by atoms with Crippen LogP contribution in [0.1, 0.15) is 126 Å². The SMILES string of the molecule is CCC1CC12CC(C(=O)CC(CC1CCC1)C(=O)C(C)=O)C(C(=O)C(CC(=O)CC(C)(C)C)C(C)(C)C)C2. The first-order chi connectivity index (χ1) is 17.5. The predicted molar refractivity (Wildman–Crippen MR) is 149 cm³/mol. The van der Waals surface area contributed by atoms with E-state index in [0.717, 1.165) is 32.1 Å². The summed E-state index contributed by atoms with van der Waals surface area (Å²) in [6.07, 6.45) is 8.08. The fourth-order valence-electron chi connectivity index (χ4n) is 7.47. The summed E-state index contributed by atoms with van der Waals surface area (Å²) in [7, 11) is 0. The van der Waals surface area contributed by atoms with Crippen LogP contribution in [-0.2, 0) is 24.0 Å². The Morgan fingerprint density at radius 3 is 1.92 bits per heavy atom. The molecule has 6 atom stereocenters. The van der Waals surface area contributed by atoms with Crippen LogP contribution in [0.25, 0.3) is 0 Å².